The first-order valence-electron chi connectivity index (χ1n) is 11.9. The number of guanidine groups is 1. The Morgan fingerprint density at radius 1 is 1.09 bits per heavy atom. The van der Waals surface area contributed by atoms with Crippen LogP contribution < -0.4 is 14.8 Å². The van der Waals surface area contributed by atoms with Crippen LogP contribution in [0.15, 0.2) is 23.2 Å². The molecule has 2 unspecified atom stereocenters. The lowest BCUT2D eigenvalue weighted by atomic mass is 10.1. The van der Waals surface area contributed by atoms with Crippen molar-refractivity contribution in [2.75, 3.05) is 40.0 Å². The average Bonchev–Trinajstić information content (AvgIpc) is 3.51. The summed E-state index contributed by atoms with van der Waals surface area (Å²) in [6.45, 7) is 6.74. The third-order valence-corrected chi connectivity index (χ3v) is 6.34. The van der Waals surface area contributed by atoms with Crippen LogP contribution in [-0.2, 0) is 16.0 Å². The second-order valence-electron chi connectivity index (χ2n) is 8.59. The Balaban J connectivity index is 0.00000289. The van der Waals surface area contributed by atoms with E-state index in [1.54, 1.807) is 7.11 Å². The molecule has 3 aliphatic rings. The van der Waals surface area contributed by atoms with Crippen LogP contribution >= 0.6 is 24.0 Å². The molecule has 0 bridgehead atoms. The van der Waals surface area contributed by atoms with Crippen molar-refractivity contribution in [3.8, 4) is 11.5 Å². The van der Waals surface area contributed by atoms with Crippen molar-refractivity contribution in [1.29, 1.82) is 0 Å². The zero-order valence-electron chi connectivity index (χ0n) is 19.4. The van der Waals surface area contributed by atoms with Crippen molar-refractivity contribution in [3.63, 3.8) is 0 Å². The van der Waals surface area contributed by atoms with E-state index in [0.29, 0.717) is 19.3 Å². The lowest BCUT2D eigenvalue weighted by Gasteiger charge is -2.37. The number of methoxy groups -OCH3 is 1. The van der Waals surface area contributed by atoms with Crippen LogP contribution in [-0.4, -0.2) is 69.1 Å². The molecule has 4 rings (SSSR count). The molecule has 1 aromatic carbocycles. The second-order valence-corrected chi connectivity index (χ2v) is 8.59. The zero-order valence-corrected chi connectivity index (χ0v) is 21.7. The molecule has 2 heterocycles. The number of rotatable bonds is 7. The van der Waals surface area contributed by atoms with Gasteiger partial charge < -0.3 is 29.2 Å². The SMILES string of the molecule is CCNC(=NCc1ccc(OC)c(OC2CCCC2)c1)N1CCOC(C2CCCO2)C1.I. The Bertz CT molecular complexity index is 736. The van der Waals surface area contributed by atoms with Gasteiger partial charge >= 0.3 is 0 Å². The molecule has 0 spiro atoms. The number of halogens is 1. The second kappa shape index (κ2) is 12.8. The minimum absolute atomic E-state index is 0. The summed E-state index contributed by atoms with van der Waals surface area (Å²) in [6.07, 6.45) is 7.58. The Morgan fingerprint density at radius 2 is 1.91 bits per heavy atom. The third kappa shape index (κ3) is 6.63. The number of nitrogens with zero attached hydrogens (tertiary/aromatic N) is 2. The zero-order chi connectivity index (χ0) is 21.5. The molecule has 7 nitrogen and oxygen atoms in total. The average molecular weight is 559 g/mol. The predicted octanol–water partition coefficient (Wildman–Crippen LogP) is 3.98. The first kappa shape index (κ1) is 25.4. The summed E-state index contributed by atoms with van der Waals surface area (Å²) in [5, 5.41) is 3.45. The summed E-state index contributed by atoms with van der Waals surface area (Å²) in [6, 6.07) is 6.14. The molecule has 180 valence electrons. The van der Waals surface area contributed by atoms with Crippen LogP contribution in [0, 0.1) is 0 Å². The van der Waals surface area contributed by atoms with Crippen LogP contribution in [0.1, 0.15) is 51.0 Å². The quantitative estimate of drug-likeness (QED) is 0.310. The number of benzene rings is 1. The van der Waals surface area contributed by atoms with E-state index in [9.17, 15) is 0 Å². The fourth-order valence-corrected chi connectivity index (χ4v) is 4.68. The van der Waals surface area contributed by atoms with Crippen LogP contribution in [0.2, 0.25) is 0 Å². The Labute approximate surface area is 209 Å². The summed E-state index contributed by atoms with van der Waals surface area (Å²) in [5.41, 5.74) is 1.12. The first-order chi connectivity index (χ1) is 15.3. The maximum atomic E-state index is 6.25. The fraction of sp³-hybridized carbons (Fsp3) is 0.708. The molecule has 0 aromatic heterocycles. The number of hydrogen-bond donors (Lipinski definition) is 1. The number of morpholine rings is 1. The minimum atomic E-state index is 0. The molecule has 1 saturated carbocycles. The lowest BCUT2D eigenvalue weighted by molar-refractivity contribution is -0.0817. The highest BCUT2D eigenvalue weighted by molar-refractivity contribution is 14.0. The van der Waals surface area contributed by atoms with Crippen molar-refractivity contribution < 1.29 is 18.9 Å². The van der Waals surface area contributed by atoms with E-state index >= 15 is 0 Å². The van der Waals surface area contributed by atoms with E-state index in [4.69, 9.17) is 23.9 Å². The van der Waals surface area contributed by atoms with Gasteiger partial charge in [0.1, 0.15) is 6.10 Å². The highest BCUT2D eigenvalue weighted by Gasteiger charge is 2.32. The standard InChI is InChI=1S/C24H37N3O4.HI/c1-3-25-24(27-12-14-30-23(17-27)21-9-6-13-29-21)26-16-18-10-11-20(28-2)22(15-18)31-19-7-4-5-8-19;/h10-11,15,19,21,23H,3-9,12-14,16-17H2,1-2H3,(H,25,26);1H. The van der Waals surface area contributed by atoms with Gasteiger partial charge in [-0.1, -0.05) is 6.07 Å². The summed E-state index contributed by atoms with van der Waals surface area (Å²) in [7, 11) is 1.70. The molecule has 0 radical (unpaired) electrons. The van der Waals surface area contributed by atoms with Crippen molar-refractivity contribution in [1.82, 2.24) is 10.2 Å². The molecule has 8 heteroatoms. The van der Waals surface area contributed by atoms with Gasteiger partial charge in [0.2, 0.25) is 0 Å². The number of hydrogen-bond acceptors (Lipinski definition) is 5. The molecular formula is C24H38IN3O4. The van der Waals surface area contributed by atoms with Crippen LogP contribution in [0.5, 0.6) is 11.5 Å². The van der Waals surface area contributed by atoms with E-state index in [0.717, 1.165) is 74.9 Å². The number of aliphatic imine (C=N–C) groups is 1. The topological polar surface area (TPSA) is 64.6 Å². The van der Waals surface area contributed by atoms with E-state index in [-0.39, 0.29) is 36.2 Å². The molecule has 1 N–H and O–H groups in total. The maximum Gasteiger partial charge on any atom is 0.194 e. The third-order valence-electron chi connectivity index (χ3n) is 6.34. The molecule has 1 aliphatic carbocycles. The Kier molecular flexibility index (Phi) is 10.2. The van der Waals surface area contributed by atoms with Crippen LogP contribution in [0.3, 0.4) is 0 Å². The number of ether oxygens (including phenoxy) is 4. The predicted molar refractivity (Wildman–Crippen MR) is 136 cm³/mol. The van der Waals surface area contributed by atoms with Crippen molar-refractivity contribution in [2.45, 2.75) is 70.3 Å². The van der Waals surface area contributed by atoms with Crippen LogP contribution in [0.25, 0.3) is 0 Å². The van der Waals surface area contributed by atoms with Gasteiger partial charge in [0.05, 0.1) is 32.5 Å². The largest absolute Gasteiger partial charge is 0.493 e. The molecule has 32 heavy (non-hydrogen) atoms. The van der Waals surface area contributed by atoms with E-state index in [1.807, 2.05) is 6.07 Å². The van der Waals surface area contributed by atoms with Crippen molar-refractivity contribution in [3.05, 3.63) is 23.8 Å². The minimum Gasteiger partial charge on any atom is -0.493 e. The molecule has 3 fully saturated rings. The highest BCUT2D eigenvalue weighted by atomic mass is 127. The summed E-state index contributed by atoms with van der Waals surface area (Å²) >= 11 is 0. The number of nitrogens with one attached hydrogen (secondary N) is 1. The van der Waals surface area contributed by atoms with Crippen molar-refractivity contribution in [2.24, 2.45) is 4.99 Å². The van der Waals surface area contributed by atoms with E-state index in [2.05, 4.69) is 29.3 Å². The fourth-order valence-electron chi connectivity index (χ4n) is 4.68. The Hall–Kier alpha value is -1.26. The van der Waals surface area contributed by atoms with Crippen LogP contribution in [0.4, 0.5) is 0 Å². The highest BCUT2D eigenvalue weighted by Crippen LogP contribution is 2.32. The molecular weight excluding hydrogens is 521 g/mol. The smallest absolute Gasteiger partial charge is 0.194 e. The van der Waals surface area contributed by atoms with Gasteiger partial charge in [-0.3, -0.25) is 0 Å². The maximum absolute atomic E-state index is 6.25. The van der Waals surface area contributed by atoms with Gasteiger partial charge in [0, 0.05) is 26.2 Å². The Morgan fingerprint density at radius 3 is 2.62 bits per heavy atom. The lowest BCUT2D eigenvalue weighted by Crippen LogP contribution is -2.53. The monoisotopic (exact) mass is 559 g/mol. The summed E-state index contributed by atoms with van der Waals surface area (Å²) in [4.78, 5) is 7.24. The summed E-state index contributed by atoms with van der Waals surface area (Å²) in [5.74, 6) is 2.55. The summed E-state index contributed by atoms with van der Waals surface area (Å²) < 4.78 is 23.6. The van der Waals surface area contributed by atoms with Gasteiger partial charge in [0.25, 0.3) is 0 Å². The van der Waals surface area contributed by atoms with Gasteiger partial charge in [-0.2, -0.15) is 0 Å². The molecule has 2 atom stereocenters. The molecule has 0 amide bonds. The van der Waals surface area contributed by atoms with E-state index in [1.165, 1.54) is 12.8 Å². The normalized spacial score (nSPS) is 24.3. The molecule has 2 aliphatic heterocycles. The van der Waals surface area contributed by atoms with Gasteiger partial charge in [-0.25, -0.2) is 4.99 Å². The van der Waals surface area contributed by atoms with Gasteiger partial charge in [0.15, 0.2) is 17.5 Å². The molecule has 1 aromatic rings. The van der Waals surface area contributed by atoms with Gasteiger partial charge in [-0.05, 0) is 63.1 Å². The van der Waals surface area contributed by atoms with E-state index < -0.39 is 0 Å². The van der Waals surface area contributed by atoms with Gasteiger partial charge in [-0.15, -0.1) is 24.0 Å². The van der Waals surface area contributed by atoms with Crippen molar-refractivity contribution >= 4 is 29.9 Å². The first-order valence-corrected chi connectivity index (χ1v) is 11.9. The molecule has 2 saturated heterocycles.